The summed E-state index contributed by atoms with van der Waals surface area (Å²) in [5, 5.41) is 3.48. The standard InChI is InChI=1S/C10H7F3N2O/c11-10(12,13)8-4-2-1-3-7(8)5-9-14-6-16-15-9/h1-4,6H,5H2. The molecule has 0 aliphatic heterocycles. The largest absolute Gasteiger partial charge is 0.416 e. The lowest BCUT2D eigenvalue weighted by molar-refractivity contribution is -0.138. The van der Waals surface area contributed by atoms with E-state index >= 15 is 0 Å². The quantitative estimate of drug-likeness (QED) is 0.793. The minimum absolute atomic E-state index is 0.00613. The van der Waals surface area contributed by atoms with Gasteiger partial charge in [0.2, 0.25) is 6.39 Å². The van der Waals surface area contributed by atoms with Gasteiger partial charge in [0.15, 0.2) is 5.82 Å². The maximum absolute atomic E-state index is 12.6. The molecule has 1 aromatic carbocycles. The van der Waals surface area contributed by atoms with Crippen LogP contribution in [-0.2, 0) is 12.6 Å². The Hall–Kier alpha value is -1.85. The molecule has 0 saturated heterocycles. The van der Waals surface area contributed by atoms with Crippen molar-refractivity contribution in [1.82, 2.24) is 10.1 Å². The highest BCUT2D eigenvalue weighted by atomic mass is 19.4. The Kier molecular flexibility index (Phi) is 2.64. The molecule has 0 bridgehead atoms. The van der Waals surface area contributed by atoms with Gasteiger partial charge in [-0.15, -0.1) is 0 Å². The SMILES string of the molecule is FC(F)(F)c1ccccc1Cc1ncon1. The van der Waals surface area contributed by atoms with E-state index in [1.807, 2.05) is 0 Å². The topological polar surface area (TPSA) is 38.9 Å². The summed E-state index contributed by atoms with van der Waals surface area (Å²) in [6.07, 6.45) is -3.27. The number of nitrogens with zero attached hydrogens (tertiary/aromatic N) is 2. The summed E-state index contributed by atoms with van der Waals surface area (Å²) < 4.78 is 42.3. The Labute approximate surface area is 88.9 Å². The van der Waals surface area contributed by atoms with Crippen LogP contribution in [0.1, 0.15) is 17.0 Å². The first-order chi connectivity index (χ1) is 7.57. The fourth-order valence-corrected chi connectivity index (χ4v) is 1.39. The summed E-state index contributed by atoms with van der Waals surface area (Å²) >= 11 is 0. The molecular formula is C10H7F3N2O. The molecular weight excluding hydrogens is 221 g/mol. The van der Waals surface area contributed by atoms with E-state index < -0.39 is 11.7 Å². The first-order valence-electron chi connectivity index (χ1n) is 4.48. The van der Waals surface area contributed by atoms with E-state index in [-0.39, 0.29) is 17.8 Å². The second kappa shape index (κ2) is 3.96. The Morgan fingerprint density at radius 3 is 2.56 bits per heavy atom. The summed E-state index contributed by atoms with van der Waals surface area (Å²) in [6, 6.07) is 5.34. The summed E-state index contributed by atoms with van der Waals surface area (Å²) in [6.45, 7) is 0. The number of rotatable bonds is 2. The minimum atomic E-state index is -4.36. The smallest absolute Gasteiger partial charge is 0.343 e. The molecule has 2 rings (SSSR count). The van der Waals surface area contributed by atoms with E-state index in [1.54, 1.807) is 6.07 Å². The molecule has 0 aliphatic carbocycles. The van der Waals surface area contributed by atoms with Crippen molar-refractivity contribution in [3.05, 3.63) is 47.6 Å². The zero-order valence-corrected chi connectivity index (χ0v) is 8.03. The third kappa shape index (κ3) is 2.21. The van der Waals surface area contributed by atoms with Gasteiger partial charge in [-0.05, 0) is 11.6 Å². The summed E-state index contributed by atoms with van der Waals surface area (Å²) in [5.74, 6) is 0.233. The predicted molar refractivity (Wildman–Crippen MR) is 48.5 cm³/mol. The molecule has 6 heteroatoms. The zero-order valence-electron chi connectivity index (χ0n) is 8.03. The zero-order chi connectivity index (χ0) is 11.6. The fourth-order valence-electron chi connectivity index (χ4n) is 1.39. The number of alkyl halides is 3. The molecule has 16 heavy (non-hydrogen) atoms. The molecule has 1 heterocycles. The molecule has 1 aromatic heterocycles. The van der Waals surface area contributed by atoms with Crippen molar-refractivity contribution in [3.63, 3.8) is 0 Å². The van der Waals surface area contributed by atoms with Crippen molar-refractivity contribution in [2.24, 2.45) is 0 Å². The molecule has 3 nitrogen and oxygen atoms in total. The van der Waals surface area contributed by atoms with Gasteiger partial charge in [-0.3, -0.25) is 0 Å². The summed E-state index contributed by atoms with van der Waals surface area (Å²) in [7, 11) is 0. The third-order valence-electron chi connectivity index (χ3n) is 2.08. The highest BCUT2D eigenvalue weighted by molar-refractivity contribution is 5.31. The van der Waals surface area contributed by atoms with Crippen LogP contribution in [0.3, 0.4) is 0 Å². The van der Waals surface area contributed by atoms with Crippen LogP contribution in [-0.4, -0.2) is 10.1 Å². The lowest BCUT2D eigenvalue weighted by Crippen LogP contribution is -2.09. The van der Waals surface area contributed by atoms with Crippen LogP contribution in [0.15, 0.2) is 35.2 Å². The van der Waals surface area contributed by atoms with Crippen molar-refractivity contribution in [1.29, 1.82) is 0 Å². The molecule has 0 amide bonds. The Morgan fingerprint density at radius 2 is 1.94 bits per heavy atom. The van der Waals surface area contributed by atoms with E-state index in [9.17, 15) is 13.2 Å². The van der Waals surface area contributed by atoms with Crippen LogP contribution < -0.4 is 0 Å². The van der Waals surface area contributed by atoms with E-state index in [2.05, 4.69) is 14.7 Å². The molecule has 0 N–H and O–H groups in total. The first kappa shape index (κ1) is 10.7. The molecule has 0 aliphatic rings. The van der Waals surface area contributed by atoms with Crippen molar-refractivity contribution in [3.8, 4) is 0 Å². The number of halogens is 3. The van der Waals surface area contributed by atoms with Crippen molar-refractivity contribution in [2.45, 2.75) is 12.6 Å². The Bertz CT molecular complexity index is 465. The van der Waals surface area contributed by atoms with Gasteiger partial charge in [0.05, 0.1) is 5.56 Å². The van der Waals surface area contributed by atoms with Gasteiger partial charge in [-0.2, -0.15) is 18.2 Å². The Balaban J connectivity index is 2.34. The molecule has 0 atom stereocenters. The maximum Gasteiger partial charge on any atom is 0.416 e. The van der Waals surface area contributed by atoms with Gasteiger partial charge in [0.25, 0.3) is 0 Å². The van der Waals surface area contributed by atoms with Crippen LogP contribution in [0.5, 0.6) is 0 Å². The lowest BCUT2D eigenvalue weighted by Gasteiger charge is -2.10. The predicted octanol–water partition coefficient (Wildman–Crippen LogP) is 2.68. The Morgan fingerprint density at radius 1 is 1.19 bits per heavy atom. The van der Waals surface area contributed by atoms with Crippen LogP contribution in [0.25, 0.3) is 0 Å². The van der Waals surface area contributed by atoms with Crippen LogP contribution in [0.4, 0.5) is 13.2 Å². The van der Waals surface area contributed by atoms with Gasteiger partial charge >= 0.3 is 6.18 Å². The van der Waals surface area contributed by atoms with Crippen LogP contribution in [0, 0.1) is 0 Å². The normalized spacial score (nSPS) is 11.7. The van der Waals surface area contributed by atoms with Crippen molar-refractivity contribution < 1.29 is 17.7 Å². The minimum Gasteiger partial charge on any atom is -0.343 e. The molecule has 0 radical (unpaired) electrons. The molecule has 0 saturated carbocycles. The van der Waals surface area contributed by atoms with Gasteiger partial charge in [-0.1, -0.05) is 23.4 Å². The second-order valence-electron chi connectivity index (χ2n) is 3.18. The van der Waals surface area contributed by atoms with E-state index in [0.717, 1.165) is 12.5 Å². The van der Waals surface area contributed by atoms with E-state index in [4.69, 9.17) is 0 Å². The highest BCUT2D eigenvalue weighted by Gasteiger charge is 2.32. The van der Waals surface area contributed by atoms with Gasteiger partial charge in [0, 0.05) is 6.42 Å². The molecule has 0 fully saturated rings. The molecule has 84 valence electrons. The third-order valence-corrected chi connectivity index (χ3v) is 2.08. The second-order valence-corrected chi connectivity index (χ2v) is 3.18. The number of hydrogen-bond acceptors (Lipinski definition) is 3. The monoisotopic (exact) mass is 228 g/mol. The van der Waals surface area contributed by atoms with Gasteiger partial charge in [-0.25, -0.2) is 0 Å². The van der Waals surface area contributed by atoms with E-state index in [0.29, 0.717) is 0 Å². The average molecular weight is 228 g/mol. The van der Waals surface area contributed by atoms with Crippen molar-refractivity contribution >= 4 is 0 Å². The summed E-state index contributed by atoms with van der Waals surface area (Å²) in [4.78, 5) is 3.69. The highest BCUT2D eigenvalue weighted by Crippen LogP contribution is 2.32. The average Bonchev–Trinajstić information content (AvgIpc) is 2.70. The first-order valence-corrected chi connectivity index (χ1v) is 4.48. The number of aromatic nitrogens is 2. The molecule has 0 unspecified atom stereocenters. The summed E-state index contributed by atoms with van der Waals surface area (Å²) in [5.41, 5.74) is -0.531. The van der Waals surface area contributed by atoms with E-state index in [1.165, 1.54) is 12.1 Å². The van der Waals surface area contributed by atoms with Gasteiger partial charge < -0.3 is 4.52 Å². The lowest BCUT2D eigenvalue weighted by atomic mass is 10.0. The molecule has 0 spiro atoms. The molecule has 2 aromatic rings. The fraction of sp³-hybridized carbons (Fsp3) is 0.200. The van der Waals surface area contributed by atoms with Crippen LogP contribution >= 0.6 is 0 Å². The van der Waals surface area contributed by atoms with Crippen molar-refractivity contribution in [2.75, 3.05) is 0 Å². The van der Waals surface area contributed by atoms with Crippen LogP contribution in [0.2, 0.25) is 0 Å². The number of hydrogen-bond donors (Lipinski definition) is 0. The number of benzene rings is 1. The van der Waals surface area contributed by atoms with Gasteiger partial charge in [0.1, 0.15) is 0 Å². The maximum atomic E-state index is 12.6.